The standard InChI is InChI=1S/C17H23N5OS/c1-3-18-4-2-14(1)16-12-19-5-6-22(16)13-15-11-20-17(24-15)21-7-9-23-10-8-21/h1-4,11,16,19H,5-10,12-13H2. The van der Waals surface area contributed by atoms with E-state index in [1.165, 1.54) is 10.4 Å². The Kier molecular flexibility index (Phi) is 5.03. The maximum Gasteiger partial charge on any atom is 0.185 e. The van der Waals surface area contributed by atoms with E-state index in [1.807, 2.05) is 29.9 Å². The number of ether oxygens (including phenoxy) is 1. The molecule has 0 spiro atoms. The normalized spacial score (nSPS) is 22.7. The molecule has 4 heterocycles. The van der Waals surface area contributed by atoms with Crippen LogP contribution in [-0.2, 0) is 11.3 Å². The van der Waals surface area contributed by atoms with Gasteiger partial charge in [-0.1, -0.05) is 0 Å². The van der Waals surface area contributed by atoms with Crippen LogP contribution in [0.15, 0.2) is 30.7 Å². The highest BCUT2D eigenvalue weighted by molar-refractivity contribution is 7.15. The van der Waals surface area contributed by atoms with Crippen LogP contribution < -0.4 is 10.2 Å². The lowest BCUT2D eigenvalue weighted by Gasteiger charge is -2.36. The number of rotatable bonds is 4. The zero-order valence-electron chi connectivity index (χ0n) is 13.7. The summed E-state index contributed by atoms with van der Waals surface area (Å²) in [5, 5.41) is 4.64. The molecule has 128 valence electrons. The van der Waals surface area contributed by atoms with Crippen molar-refractivity contribution in [1.82, 2.24) is 20.2 Å². The Balaban J connectivity index is 1.46. The van der Waals surface area contributed by atoms with Crippen molar-refractivity contribution in [3.63, 3.8) is 0 Å². The van der Waals surface area contributed by atoms with Crippen molar-refractivity contribution in [2.24, 2.45) is 0 Å². The van der Waals surface area contributed by atoms with Gasteiger partial charge >= 0.3 is 0 Å². The lowest BCUT2D eigenvalue weighted by molar-refractivity contribution is 0.122. The molecule has 2 saturated heterocycles. The summed E-state index contributed by atoms with van der Waals surface area (Å²) in [6, 6.07) is 4.64. The first-order valence-electron chi connectivity index (χ1n) is 8.52. The van der Waals surface area contributed by atoms with E-state index >= 15 is 0 Å². The fourth-order valence-corrected chi connectivity index (χ4v) is 4.31. The fourth-order valence-electron chi connectivity index (χ4n) is 3.32. The van der Waals surface area contributed by atoms with E-state index in [1.54, 1.807) is 0 Å². The molecule has 2 fully saturated rings. The Morgan fingerprint density at radius 1 is 1.21 bits per heavy atom. The van der Waals surface area contributed by atoms with Crippen molar-refractivity contribution >= 4 is 16.5 Å². The molecule has 4 rings (SSSR count). The minimum absolute atomic E-state index is 0.399. The van der Waals surface area contributed by atoms with Gasteiger partial charge in [-0.2, -0.15) is 0 Å². The number of nitrogens with one attached hydrogen (secondary N) is 1. The van der Waals surface area contributed by atoms with Crippen LogP contribution in [0.5, 0.6) is 0 Å². The van der Waals surface area contributed by atoms with Gasteiger partial charge in [-0.05, 0) is 17.7 Å². The van der Waals surface area contributed by atoms with E-state index in [0.717, 1.165) is 57.6 Å². The SMILES string of the molecule is c1cc(C2CNCCN2Cc2cnc(N3CCOCC3)s2)ccn1. The van der Waals surface area contributed by atoms with Crippen LogP contribution in [0.1, 0.15) is 16.5 Å². The average molecular weight is 345 g/mol. The third-order valence-corrected chi connectivity index (χ3v) is 5.67. The van der Waals surface area contributed by atoms with Crippen LogP contribution in [-0.4, -0.2) is 60.8 Å². The van der Waals surface area contributed by atoms with E-state index in [0.29, 0.717) is 6.04 Å². The van der Waals surface area contributed by atoms with Crippen molar-refractivity contribution in [3.05, 3.63) is 41.2 Å². The van der Waals surface area contributed by atoms with Gasteiger partial charge in [0.1, 0.15) is 0 Å². The number of anilines is 1. The van der Waals surface area contributed by atoms with E-state index in [2.05, 4.69) is 37.2 Å². The Morgan fingerprint density at radius 2 is 2.04 bits per heavy atom. The second-order valence-corrected chi connectivity index (χ2v) is 7.27. The Morgan fingerprint density at radius 3 is 2.88 bits per heavy atom. The molecule has 1 N–H and O–H groups in total. The lowest BCUT2D eigenvalue weighted by Crippen LogP contribution is -2.45. The summed E-state index contributed by atoms with van der Waals surface area (Å²) in [5.74, 6) is 0. The fraction of sp³-hybridized carbons (Fsp3) is 0.529. The molecule has 6 nitrogen and oxygen atoms in total. The molecule has 0 saturated carbocycles. The molecule has 1 atom stereocenters. The maximum atomic E-state index is 5.43. The molecular weight excluding hydrogens is 322 g/mol. The van der Waals surface area contributed by atoms with Gasteiger partial charge < -0.3 is 15.0 Å². The van der Waals surface area contributed by atoms with Crippen LogP contribution in [0, 0.1) is 0 Å². The second kappa shape index (κ2) is 7.57. The van der Waals surface area contributed by atoms with Crippen molar-refractivity contribution in [2.45, 2.75) is 12.6 Å². The van der Waals surface area contributed by atoms with Crippen molar-refractivity contribution < 1.29 is 4.74 Å². The number of morpholine rings is 1. The number of piperazine rings is 1. The van der Waals surface area contributed by atoms with Gasteiger partial charge in [0.2, 0.25) is 0 Å². The molecule has 2 aromatic rings. The van der Waals surface area contributed by atoms with E-state index in [4.69, 9.17) is 4.74 Å². The molecule has 0 aromatic carbocycles. The maximum absolute atomic E-state index is 5.43. The summed E-state index contributed by atoms with van der Waals surface area (Å²) in [4.78, 5) is 15.0. The first-order valence-corrected chi connectivity index (χ1v) is 9.34. The first kappa shape index (κ1) is 16.0. The molecule has 0 amide bonds. The highest BCUT2D eigenvalue weighted by atomic mass is 32.1. The van der Waals surface area contributed by atoms with Crippen molar-refractivity contribution in [1.29, 1.82) is 0 Å². The highest BCUT2D eigenvalue weighted by Gasteiger charge is 2.24. The zero-order valence-corrected chi connectivity index (χ0v) is 14.5. The number of nitrogens with zero attached hydrogens (tertiary/aromatic N) is 4. The van der Waals surface area contributed by atoms with Crippen molar-refractivity contribution in [2.75, 3.05) is 50.8 Å². The molecule has 2 aliphatic rings. The van der Waals surface area contributed by atoms with Gasteiger partial charge in [0.25, 0.3) is 0 Å². The minimum atomic E-state index is 0.399. The van der Waals surface area contributed by atoms with Gasteiger partial charge in [-0.25, -0.2) is 4.98 Å². The van der Waals surface area contributed by atoms with Crippen molar-refractivity contribution in [3.8, 4) is 0 Å². The molecule has 0 radical (unpaired) electrons. The molecule has 7 heteroatoms. The molecule has 2 aromatic heterocycles. The molecule has 1 unspecified atom stereocenters. The van der Waals surface area contributed by atoms with E-state index < -0.39 is 0 Å². The van der Waals surface area contributed by atoms with Crippen LogP contribution in [0.3, 0.4) is 0 Å². The van der Waals surface area contributed by atoms with Gasteiger partial charge in [-0.15, -0.1) is 11.3 Å². The summed E-state index contributed by atoms with van der Waals surface area (Å²) < 4.78 is 5.43. The summed E-state index contributed by atoms with van der Waals surface area (Å²) in [6.07, 6.45) is 5.80. The van der Waals surface area contributed by atoms with E-state index in [9.17, 15) is 0 Å². The van der Waals surface area contributed by atoms with Crippen LogP contribution >= 0.6 is 11.3 Å². The number of pyridine rings is 1. The third-order valence-electron chi connectivity index (χ3n) is 4.63. The third kappa shape index (κ3) is 3.59. The lowest BCUT2D eigenvalue weighted by atomic mass is 10.0. The number of hydrogen-bond donors (Lipinski definition) is 1. The summed E-state index contributed by atoms with van der Waals surface area (Å²) in [7, 11) is 0. The van der Waals surface area contributed by atoms with Crippen LogP contribution in [0.25, 0.3) is 0 Å². The van der Waals surface area contributed by atoms with Crippen LogP contribution in [0.4, 0.5) is 5.13 Å². The summed E-state index contributed by atoms with van der Waals surface area (Å²) >= 11 is 1.82. The highest BCUT2D eigenvalue weighted by Crippen LogP contribution is 2.28. The van der Waals surface area contributed by atoms with Gasteiger partial charge in [0.15, 0.2) is 5.13 Å². The smallest absolute Gasteiger partial charge is 0.185 e. The van der Waals surface area contributed by atoms with Gasteiger partial charge in [0.05, 0.1) is 13.2 Å². The number of aromatic nitrogens is 2. The molecule has 0 aliphatic carbocycles. The van der Waals surface area contributed by atoms with Crippen LogP contribution in [0.2, 0.25) is 0 Å². The predicted octanol–water partition coefficient (Wildman–Crippen LogP) is 1.52. The largest absolute Gasteiger partial charge is 0.378 e. The first-order chi connectivity index (χ1) is 11.9. The average Bonchev–Trinajstić information content (AvgIpc) is 3.12. The summed E-state index contributed by atoms with van der Waals surface area (Å²) in [6.45, 7) is 7.53. The molecule has 24 heavy (non-hydrogen) atoms. The zero-order chi connectivity index (χ0) is 16.2. The summed E-state index contributed by atoms with van der Waals surface area (Å²) in [5.41, 5.74) is 1.33. The number of hydrogen-bond acceptors (Lipinski definition) is 7. The Hall–Kier alpha value is -1.54. The number of thiazole rings is 1. The monoisotopic (exact) mass is 345 g/mol. The van der Waals surface area contributed by atoms with Gasteiger partial charge in [0, 0.05) is 68.8 Å². The predicted molar refractivity (Wildman–Crippen MR) is 95.4 cm³/mol. The quantitative estimate of drug-likeness (QED) is 0.907. The van der Waals surface area contributed by atoms with E-state index in [-0.39, 0.29) is 0 Å². The minimum Gasteiger partial charge on any atom is -0.378 e. The topological polar surface area (TPSA) is 53.5 Å². The Bertz CT molecular complexity index is 643. The molecule has 2 aliphatic heterocycles. The Labute approximate surface area is 146 Å². The van der Waals surface area contributed by atoms with Gasteiger partial charge in [-0.3, -0.25) is 9.88 Å². The second-order valence-electron chi connectivity index (χ2n) is 6.18. The molecular formula is C17H23N5OS. The molecule has 0 bridgehead atoms.